The molecule has 0 aromatic heterocycles. The van der Waals surface area contributed by atoms with Gasteiger partial charge in [-0.25, -0.2) is 0 Å². The van der Waals surface area contributed by atoms with Gasteiger partial charge in [0.2, 0.25) is 0 Å². The first-order valence-corrected chi connectivity index (χ1v) is 5.11. The Morgan fingerprint density at radius 3 is 2.60 bits per heavy atom. The number of rotatable bonds is 4. The molecule has 0 unspecified atom stereocenters. The van der Waals surface area contributed by atoms with Gasteiger partial charge in [0.1, 0.15) is 12.7 Å². The monoisotopic (exact) mass is 226 g/mol. The summed E-state index contributed by atoms with van der Waals surface area (Å²) in [6, 6.07) is 6.79. The molecule has 1 fully saturated rings. The third kappa shape index (κ3) is 2.78. The molecule has 15 heavy (non-hydrogen) atoms. The van der Waals surface area contributed by atoms with E-state index in [1.165, 1.54) is 0 Å². The van der Waals surface area contributed by atoms with Crippen molar-refractivity contribution in [3.63, 3.8) is 0 Å². The molecule has 0 bridgehead atoms. The fraction of sp³-hybridized carbons (Fsp3) is 0.364. The number of hydrogen-bond donors (Lipinski definition) is 0. The molecule has 1 aliphatic rings. The fourth-order valence-corrected chi connectivity index (χ4v) is 1.35. The van der Waals surface area contributed by atoms with Crippen LogP contribution in [0.1, 0.15) is 10.4 Å². The van der Waals surface area contributed by atoms with Gasteiger partial charge in [-0.3, -0.25) is 4.79 Å². The fourth-order valence-electron chi connectivity index (χ4n) is 1.22. The summed E-state index contributed by atoms with van der Waals surface area (Å²) >= 11 is 5.72. The number of halogens is 1. The Hall–Kier alpha value is -0.900. The molecule has 80 valence electrons. The molecule has 1 aromatic carbocycles. The van der Waals surface area contributed by atoms with Crippen LogP contribution in [0.2, 0.25) is 5.02 Å². The van der Waals surface area contributed by atoms with E-state index in [1.807, 2.05) is 0 Å². The molecule has 0 N–H and O–H groups in total. The molecule has 0 atom stereocenters. The molecule has 2 rings (SSSR count). The van der Waals surface area contributed by atoms with Crippen LogP contribution in [0.5, 0.6) is 0 Å². The smallest absolute Gasteiger partial charge is 0.188 e. The molecule has 1 saturated heterocycles. The highest BCUT2D eigenvalue weighted by atomic mass is 35.5. The van der Waals surface area contributed by atoms with E-state index in [4.69, 9.17) is 21.1 Å². The van der Waals surface area contributed by atoms with Gasteiger partial charge in [0.05, 0.1) is 13.2 Å². The summed E-state index contributed by atoms with van der Waals surface area (Å²) in [5.41, 5.74) is 0.625. The summed E-state index contributed by atoms with van der Waals surface area (Å²) in [4.78, 5) is 11.6. The quantitative estimate of drug-likeness (QED) is 0.736. The van der Waals surface area contributed by atoms with E-state index in [1.54, 1.807) is 24.3 Å². The predicted molar refractivity (Wildman–Crippen MR) is 56.3 cm³/mol. The number of ether oxygens (including phenoxy) is 2. The minimum absolute atomic E-state index is 0.0291. The van der Waals surface area contributed by atoms with Crippen molar-refractivity contribution in [1.82, 2.24) is 0 Å². The van der Waals surface area contributed by atoms with Crippen molar-refractivity contribution in [2.24, 2.45) is 0 Å². The molecule has 1 aliphatic heterocycles. The second-order valence-electron chi connectivity index (χ2n) is 3.40. The van der Waals surface area contributed by atoms with Gasteiger partial charge >= 0.3 is 0 Å². The lowest BCUT2D eigenvalue weighted by Crippen LogP contribution is -2.37. The SMILES string of the molecule is O=C(COC1COC1)c1ccc(Cl)cc1. The van der Waals surface area contributed by atoms with Gasteiger partial charge in [0.15, 0.2) is 5.78 Å². The lowest BCUT2D eigenvalue weighted by atomic mass is 10.1. The van der Waals surface area contributed by atoms with Gasteiger partial charge in [-0.05, 0) is 24.3 Å². The van der Waals surface area contributed by atoms with Crippen LogP contribution in [-0.2, 0) is 9.47 Å². The molecule has 0 spiro atoms. The van der Waals surface area contributed by atoms with E-state index in [9.17, 15) is 4.79 Å². The molecule has 3 nitrogen and oxygen atoms in total. The van der Waals surface area contributed by atoms with E-state index >= 15 is 0 Å². The van der Waals surface area contributed by atoms with Crippen LogP contribution in [0.15, 0.2) is 24.3 Å². The highest BCUT2D eigenvalue weighted by molar-refractivity contribution is 6.30. The van der Waals surface area contributed by atoms with Crippen LogP contribution in [0.25, 0.3) is 0 Å². The van der Waals surface area contributed by atoms with Crippen molar-refractivity contribution in [3.05, 3.63) is 34.9 Å². The van der Waals surface area contributed by atoms with Crippen molar-refractivity contribution < 1.29 is 14.3 Å². The van der Waals surface area contributed by atoms with Crippen LogP contribution in [0.4, 0.5) is 0 Å². The summed E-state index contributed by atoms with van der Waals surface area (Å²) in [7, 11) is 0. The van der Waals surface area contributed by atoms with Crippen molar-refractivity contribution in [2.75, 3.05) is 19.8 Å². The molecular weight excluding hydrogens is 216 g/mol. The topological polar surface area (TPSA) is 35.5 Å². The largest absolute Gasteiger partial charge is 0.376 e. The first-order valence-electron chi connectivity index (χ1n) is 4.74. The Balaban J connectivity index is 1.86. The minimum atomic E-state index is -0.0291. The minimum Gasteiger partial charge on any atom is -0.376 e. The van der Waals surface area contributed by atoms with Crippen LogP contribution in [0, 0.1) is 0 Å². The molecule has 1 heterocycles. The van der Waals surface area contributed by atoms with Gasteiger partial charge < -0.3 is 9.47 Å². The summed E-state index contributed by atoms with van der Waals surface area (Å²) in [6.07, 6.45) is 0.0845. The molecule has 0 radical (unpaired) electrons. The Labute approximate surface area is 92.9 Å². The van der Waals surface area contributed by atoms with Gasteiger partial charge in [-0.1, -0.05) is 11.6 Å². The number of Topliss-reactive ketones (excluding diaryl/α,β-unsaturated/α-hetero) is 1. The number of carbonyl (C=O) groups is 1. The van der Waals surface area contributed by atoms with E-state index in [-0.39, 0.29) is 18.5 Å². The maximum Gasteiger partial charge on any atom is 0.188 e. The summed E-state index contributed by atoms with van der Waals surface area (Å²) in [6.45, 7) is 1.29. The molecular formula is C11H11ClO3. The van der Waals surface area contributed by atoms with E-state index in [2.05, 4.69) is 0 Å². The van der Waals surface area contributed by atoms with Crippen molar-refractivity contribution in [2.45, 2.75) is 6.10 Å². The van der Waals surface area contributed by atoms with Gasteiger partial charge in [0, 0.05) is 10.6 Å². The van der Waals surface area contributed by atoms with E-state index < -0.39 is 0 Å². The Kier molecular flexibility index (Phi) is 3.36. The first kappa shape index (κ1) is 10.6. The van der Waals surface area contributed by atoms with Crippen LogP contribution in [0.3, 0.4) is 0 Å². The zero-order valence-electron chi connectivity index (χ0n) is 8.11. The van der Waals surface area contributed by atoms with E-state index in [0.29, 0.717) is 23.8 Å². The van der Waals surface area contributed by atoms with Crippen molar-refractivity contribution >= 4 is 17.4 Å². The number of ketones is 1. The molecule has 0 saturated carbocycles. The number of carbonyl (C=O) groups excluding carboxylic acids is 1. The third-order valence-electron chi connectivity index (χ3n) is 2.22. The third-order valence-corrected chi connectivity index (χ3v) is 2.48. The summed E-state index contributed by atoms with van der Waals surface area (Å²) < 4.78 is 10.3. The Morgan fingerprint density at radius 1 is 1.40 bits per heavy atom. The second-order valence-corrected chi connectivity index (χ2v) is 3.84. The highest BCUT2D eigenvalue weighted by Gasteiger charge is 2.20. The van der Waals surface area contributed by atoms with E-state index in [0.717, 1.165) is 0 Å². The highest BCUT2D eigenvalue weighted by Crippen LogP contribution is 2.11. The van der Waals surface area contributed by atoms with Gasteiger partial charge in [-0.15, -0.1) is 0 Å². The maximum absolute atomic E-state index is 11.6. The molecule has 1 aromatic rings. The molecule has 4 heteroatoms. The lowest BCUT2D eigenvalue weighted by Gasteiger charge is -2.25. The number of hydrogen-bond acceptors (Lipinski definition) is 3. The Bertz CT molecular complexity index is 343. The summed E-state index contributed by atoms with van der Waals surface area (Å²) in [5.74, 6) is -0.0291. The molecule has 0 amide bonds. The van der Waals surface area contributed by atoms with Crippen LogP contribution < -0.4 is 0 Å². The standard InChI is InChI=1S/C11H11ClO3/c12-9-3-1-8(2-4-9)11(13)7-15-10-5-14-6-10/h1-4,10H,5-7H2. The normalized spacial score (nSPS) is 16.1. The van der Waals surface area contributed by atoms with Gasteiger partial charge in [-0.2, -0.15) is 0 Å². The van der Waals surface area contributed by atoms with Crippen LogP contribution >= 0.6 is 11.6 Å². The average molecular weight is 227 g/mol. The first-order chi connectivity index (χ1) is 7.25. The summed E-state index contributed by atoms with van der Waals surface area (Å²) in [5, 5.41) is 0.625. The lowest BCUT2D eigenvalue weighted by molar-refractivity contribution is -0.123. The number of benzene rings is 1. The zero-order valence-corrected chi connectivity index (χ0v) is 8.87. The van der Waals surface area contributed by atoms with Crippen molar-refractivity contribution in [3.8, 4) is 0 Å². The molecule has 0 aliphatic carbocycles. The average Bonchev–Trinajstić information content (AvgIpc) is 2.16. The zero-order chi connectivity index (χ0) is 10.7. The maximum atomic E-state index is 11.6. The van der Waals surface area contributed by atoms with Crippen molar-refractivity contribution in [1.29, 1.82) is 0 Å². The predicted octanol–water partition coefficient (Wildman–Crippen LogP) is 1.94. The second kappa shape index (κ2) is 4.75. The van der Waals surface area contributed by atoms with Gasteiger partial charge in [0.25, 0.3) is 0 Å². The van der Waals surface area contributed by atoms with Crippen LogP contribution in [-0.4, -0.2) is 31.7 Å². The Morgan fingerprint density at radius 2 is 2.07 bits per heavy atom.